The second-order valence-electron chi connectivity index (χ2n) is 5.92. The highest BCUT2D eigenvalue weighted by atomic mass is 15.3. The minimum Gasteiger partial charge on any atom is -0.396 e. The molecule has 4 rings (SSSR count). The number of nitrogens with two attached hydrogens (primary N) is 1. The first-order valence-corrected chi connectivity index (χ1v) is 8.02. The molecule has 0 amide bonds. The first-order valence-electron chi connectivity index (χ1n) is 8.02. The second-order valence-corrected chi connectivity index (χ2v) is 5.92. The topological polar surface area (TPSA) is 72.9 Å². The molecule has 25 heavy (non-hydrogen) atoms. The molecular formula is C19H18N6. The Morgan fingerprint density at radius 3 is 2.84 bits per heavy atom. The minimum absolute atomic E-state index is 0.640. The van der Waals surface area contributed by atoms with Gasteiger partial charge in [-0.05, 0) is 42.0 Å². The van der Waals surface area contributed by atoms with Crippen LogP contribution in [0.1, 0.15) is 5.56 Å². The molecule has 0 aliphatic heterocycles. The van der Waals surface area contributed by atoms with Crippen molar-refractivity contribution in [3.05, 3.63) is 72.7 Å². The molecule has 3 heterocycles. The summed E-state index contributed by atoms with van der Waals surface area (Å²) in [6.45, 7) is 0.699. The van der Waals surface area contributed by atoms with Crippen molar-refractivity contribution in [3.8, 4) is 5.82 Å². The van der Waals surface area contributed by atoms with Crippen LogP contribution in [0.2, 0.25) is 0 Å². The number of hydrogen-bond acceptors (Lipinski definition) is 5. The van der Waals surface area contributed by atoms with Gasteiger partial charge in [-0.1, -0.05) is 12.1 Å². The van der Waals surface area contributed by atoms with Crippen LogP contribution in [-0.4, -0.2) is 26.8 Å². The van der Waals surface area contributed by atoms with Gasteiger partial charge in [-0.15, -0.1) is 0 Å². The SMILES string of the molecule is CN(Cc1ccc2ncccc2c1)c1nc(-n2cccn2)ccc1N. The quantitative estimate of drug-likeness (QED) is 0.622. The zero-order chi connectivity index (χ0) is 17.2. The van der Waals surface area contributed by atoms with Crippen molar-refractivity contribution in [1.29, 1.82) is 0 Å². The van der Waals surface area contributed by atoms with Crippen LogP contribution in [0.25, 0.3) is 16.7 Å². The van der Waals surface area contributed by atoms with E-state index in [0.717, 1.165) is 22.5 Å². The van der Waals surface area contributed by atoms with Gasteiger partial charge in [0.2, 0.25) is 0 Å². The zero-order valence-corrected chi connectivity index (χ0v) is 13.9. The molecule has 0 spiro atoms. The van der Waals surface area contributed by atoms with Crippen molar-refractivity contribution in [2.24, 2.45) is 0 Å². The molecule has 3 aromatic heterocycles. The molecule has 2 N–H and O–H groups in total. The van der Waals surface area contributed by atoms with Gasteiger partial charge in [0, 0.05) is 37.6 Å². The van der Waals surface area contributed by atoms with E-state index < -0.39 is 0 Å². The second kappa shape index (κ2) is 6.24. The molecule has 6 nitrogen and oxygen atoms in total. The standard InChI is InChI=1S/C19H18N6/c1-24(13-14-5-7-17-15(12-14)4-2-9-21-17)19-16(20)6-8-18(23-19)25-11-3-10-22-25/h2-12H,13,20H2,1H3. The number of pyridine rings is 2. The molecule has 0 saturated heterocycles. The summed E-state index contributed by atoms with van der Waals surface area (Å²) in [5.41, 5.74) is 8.95. The average molecular weight is 330 g/mol. The molecule has 0 saturated carbocycles. The summed E-state index contributed by atoms with van der Waals surface area (Å²) in [5.74, 6) is 1.48. The summed E-state index contributed by atoms with van der Waals surface area (Å²) < 4.78 is 1.72. The van der Waals surface area contributed by atoms with E-state index in [1.54, 1.807) is 17.1 Å². The Morgan fingerprint density at radius 2 is 2.00 bits per heavy atom. The normalized spacial score (nSPS) is 10.9. The smallest absolute Gasteiger partial charge is 0.155 e. The van der Waals surface area contributed by atoms with Crippen molar-refractivity contribution in [1.82, 2.24) is 19.7 Å². The summed E-state index contributed by atoms with van der Waals surface area (Å²) in [4.78, 5) is 11.1. The Morgan fingerprint density at radius 1 is 1.08 bits per heavy atom. The van der Waals surface area contributed by atoms with Crippen molar-refractivity contribution < 1.29 is 0 Å². The van der Waals surface area contributed by atoms with Crippen LogP contribution in [0.5, 0.6) is 0 Å². The van der Waals surface area contributed by atoms with Gasteiger partial charge in [0.15, 0.2) is 11.6 Å². The molecule has 0 aliphatic carbocycles. The molecule has 0 atom stereocenters. The Kier molecular flexibility index (Phi) is 3.78. The number of aromatic nitrogens is 4. The first kappa shape index (κ1) is 15.1. The highest BCUT2D eigenvalue weighted by Gasteiger charge is 2.11. The lowest BCUT2D eigenvalue weighted by Gasteiger charge is -2.21. The van der Waals surface area contributed by atoms with E-state index in [1.165, 1.54) is 5.56 Å². The number of benzene rings is 1. The number of anilines is 2. The monoisotopic (exact) mass is 330 g/mol. The van der Waals surface area contributed by atoms with Gasteiger partial charge < -0.3 is 10.6 Å². The van der Waals surface area contributed by atoms with Gasteiger partial charge in [-0.3, -0.25) is 4.98 Å². The van der Waals surface area contributed by atoms with E-state index in [9.17, 15) is 0 Å². The average Bonchev–Trinajstić information content (AvgIpc) is 3.16. The van der Waals surface area contributed by atoms with Crippen molar-refractivity contribution >= 4 is 22.4 Å². The third-order valence-corrected chi connectivity index (χ3v) is 4.08. The Bertz CT molecular complexity index is 1010. The van der Waals surface area contributed by atoms with Crippen LogP contribution in [0.3, 0.4) is 0 Å². The lowest BCUT2D eigenvalue weighted by atomic mass is 10.1. The summed E-state index contributed by atoms with van der Waals surface area (Å²) in [7, 11) is 1.99. The van der Waals surface area contributed by atoms with Gasteiger partial charge in [-0.25, -0.2) is 9.67 Å². The highest BCUT2D eigenvalue weighted by Crippen LogP contribution is 2.23. The number of rotatable bonds is 4. The van der Waals surface area contributed by atoms with Crippen LogP contribution < -0.4 is 10.6 Å². The maximum atomic E-state index is 6.14. The fourth-order valence-electron chi connectivity index (χ4n) is 2.86. The van der Waals surface area contributed by atoms with Gasteiger partial charge in [0.1, 0.15) is 0 Å². The molecular weight excluding hydrogens is 312 g/mol. The summed E-state index contributed by atoms with van der Waals surface area (Å²) in [5, 5.41) is 5.35. The van der Waals surface area contributed by atoms with Gasteiger partial charge in [0.25, 0.3) is 0 Å². The van der Waals surface area contributed by atoms with Gasteiger partial charge in [-0.2, -0.15) is 5.10 Å². The largest absolute Gasteiger partial charge is 0.396 e. The maximum Gasteiger partial charge on any atom is 0.155 e. The molecule has 124 valence electrons. The molecule has 0 fully saturated rings. The fraction of sp³-hybridized carbons (Fsp3) is 0.105. The van der Waals surface area contributed by atoms with Crippen LogP contribution >= 0.6 is 0 Å². The number of nitrogens with zero attached hydrogens (tertiary/aromatic N) is 5. The van der Waals surface area contributed by atoms with E-state index in [-0.39, 0.29) is 0 Å². The molecule has 6 heteroatoms. The van der Waals surface area contributed by atoms with E-state index in [1.807, 2.05) is 48.5 Å². The molecule has 4 aromatic rings. The number of nitrogen functional groups attached to an aromatic ring is 1. The summed E-state index contributed by atoms with van der Waals surface area (Å²) >= 11 is 0. The van der Waals surface area contributed by atoms with Crippen LogP contribution in [0.15, 0.2) is 67.1 Å². The van der Waals surface area contributed by atoms with Crippen molar-refractivity contribution in [2.45, 2.75) is 6.54 Å². The maximum absolute atomic E-state index is 6.14. The Balaban J connectivity index is 1.63. The Hall–Kier alpha value is -3.41. The zero-order valence-electron chi connectivity index (χ0n) is 13.9. The molecule has 0 bridgehead atoms. The van der Waals surface area contributed by atoms with E-state index in [0.29, 0.717) is 12.2 Å². The van der Waals surface area contributed by atoms with Gasteiger partial charge in [0.05, 0.1) is 11.2 Å². The first-order chi connectivity index (χ1) is 12.2. The van der Waals surface area contributed by atoms with Crippen LogP contribution in [-0.2, 0) is 6.54 Å². The van der Waals surface area contributed by atoms with Gasteiger partial charge >= 0.3 is 0 Å². The fourth-order valence-corrected chi connectivity index (χ4v) is 2.86. The molecule has 0 unspecified atom stereocenters. The van der Waals surface area contributed by atoms with Crippen LogP contribution in [0.4, 0.5) is 11.5 Å². The third-order valence-electron chi connectivity index (χ3n) is 4.08. The van der Waals surface area contributed by atoms with E-state index in [2.05, 4.69) is 33.3 Å². The molecule has 0 radical (unpaired) electrons. The van der Waals surface area contributed by atoms with E-state index in [4.69, 9.17) is 5.73 Å². The molecule has 1 aromatic carbocycles. The Labute approximate surface area is 145 Å². The van der Waals surface area contributed by atoms with E-state index >= 15 is 0 Å². The summed E-state index contributed by atoms with van der Waals surface area (Å²) in [6, 6.07) is 15.9. The predicted octanol–water partition coefficient (Wildman–Crippen LogP) is 3.03. The lowest BCUT2D eigenvalue weighted by Crippen LogP contribution is -2.20. The number of hydrogen-bond donors (Lipinski definition) is 1. The third kappa shape index (κ3) is 3.01. The lowest BCUT2D eigenvalue weighted by molar-refractivity contribution is 0.830. The van der Waals surface area contributed by atoms with Crippen LogP contribution in [0, 0.1) is 0 Å². The van der Waals surface area contributed by atoms with Crippen molar-refractivity contribution in [3.63, 3.8) is 0 Å². The van der Waals surface area contributed by atoms with Crippen molar-refractivity contribution in [2.75, 3.05) is 17.7 Å². The number of fused-ring (bicyclic) bond motifs is 1. The minimum atomic E-state index is 0.640. The predicted molar refractivity (Wildman–Crippen MR) is 99.6 cm³/mol. The highest BCUT2D eigenvalue weighted by molar-refractivity contribution is 5.79. The molecule has 0 aliphatic rings. The summed E-state index contributed by atoms with van der Waals surface area (Å²) in [6.07, 6.45) is 5.39.